The Bertz CT molecular complexity index is 462. The van der Waals surface area contributed by atoms with Crippen molar-refractivity contribution in [3.8, 4) is 0 Å². The molecule has 0 unspecified atom stereocenters. The molecule has 0 radical (unpaired) electrons. The van der Waals surface area contributed by atoms with Crippen LogP contribution in [0.1, 0.15) is 136 Å². The fourth-order valence-electron chi connectivity index (χ4n) is 2.71. The molecule has 0 bridgehead atoms. The van der Waals surface area contributed by atoms with Crippen LogP contribution in [0.3, 0.4) is 0 Å². The molecular formula is C30H74N6NaO14S2Sb-4. The van der Waals surface area contributed by atoms with Crippen molar-refractivity contribution in [2.75, 3.05) is 50.7 Å². The van der Waals surface area contributed by atoms with Crippen LogP contribution in [-0.2, 0) is 21.8 Å². The second kappa shape index (κ2) is 132. The number of nitrogens with zero attached hydrogens (tertiary/aromatic N) is 6. The van der Waals surface area contributed by atoms with E-state index in [4.69, 9.17) is 70.9 Å². The van der Waals surface area contributed by atoms with E-state index >= 15 is 0 Å². The van der Waals surface area contributed by atoms with Crippen LogP contribution < -0.4 is 0 Å². The summed E-state index contributed by atoms with van der Waals surface area (Å²) in [4.78, 5) is 48.0. The number of aliphatic hydroxyl groups excluding tert-OH is 2. The van der Waals surface area contributed by atoms with Gasteiger partial charge in [-0.25, -0.2) is 0 Å². The van der Waals surface area contributed by atoms with Gasteiger partial charge in [-0.3, -0.25) is 0 Å². The molecule has 0 heterocycles. The third kappa shape index (κ3) is 445. The van der Waals surface area contributed by atoms with E-state index in [2.05, 4.69) is 58.3 Å². The molecule has 0 aromatic rings. The van der Waals surface area contributed by atoms with Crippen molar-refractivity contribution < 1.29 is 10.2 Å². The van der Waals surface area contributed by atoms with Crippen molar-refractivity contribution in [3.05, 3.63) is 60.7 Å². The summed E-state index contributed by atoms with van der Waals surface area (Å²) in [6.07, 6.45) is 36.9. The molecule has 0 atom stereocenters. The predicted molar refractivity (Wildman–Crippen MR) is 240 cm³/mol. The second-order valence-corrected chi connectivity index (χ2v) is 17.0. The van der Waals surface area contributed by atoms with Gasteiger partial charge in [0, 0.05) is 13.2 Å². The van der Waals surface area contributed by atoms with Crippen molar-refractivity contribution in [1.82, 2.24) is 0 Å². The van der Waals surface area contributed by atoms with Crippen LogP contribution in [0.2, 0.25) is 4.37 Å². The first-order valence-electron chi connectivity index (χ1n) is 16.8. The van der Waals surface area contributed by atoms with E-state index in [0.29, 0.717) is 35.0 Å². The van der Waals surface area contributed by atoms with Crippen LogP contribution in [0, 0.1) is 60.7 Å². The maximum atomic E-state index is 8.42. The SMILES string of the molecule is CCCCCCCCO.CCCCCCCCO.CCCCCCC[CH2][SbH2].C[S+](C)C.C[S+](C)C.O=N[O-].O=N[O-].O=N[O-].O=N[O-].O=N[O-].O=N[O-].[NaH]. The first kappa shape index (κ1) is 85.1. The van der Waals surface area contributed by atoms with Gasteiger partial charge in [-0.1, -0.05) is 78.1 Å². The third-order valence-corrected chi connectivity index (χ3v) is 5.75. The van der Waals surface area contributed by atoms with E-state index in [-0.39, 0.29) is 29.6 Å². The van der Waals surface area contributed by atoms with Crippen LogP contribution >= 0.6 is 0 Å². The van der Waals surface area contributed by atoms with Crippen LogP contribution in [0.5, 0.6) is 0 Å². The Kier molecular flexibility index (Phi) is 208. The summed E-state index contributed by atoms with van der Waals surface area (Å²) in [5.74, 6) is 0. The second-order valence-electron chi connectivity index (χ2n) is 10.4. The molecule has 0 aliphatic rings. The Morgan fingerprint density at radius 1 is 0.389 bits per heavy atom. The normalized spacial score (nSPS) is 7.67. The van der Waals surface area contributed by atoms with E-state index in [0.717, 1.165) is 44.9 Å². The first-order valence-corrected chi connectivity index (χ1v) is 24.0. The molecule has 0 aliphatic heterocycles. The molecule has 0 amide bonds. The average molecular weight is 952 g/mol. The maximum absolute atomic E-state index is 8.42. The monoisotopic (exact) mass is 950 g/mol. The Morgan fingerprint density at radius 3 is 0.648 bits per heavy atom. The molecule has 2 N–H and O–H groups in total. The number of aliphatic hydroxyl groups is 2. The molecule has 54 heavy (non-hydrogen) atoms. The van der Waals surface area contributed by atoms with Crippen molar-refractivity contribution in [1.29, 1.82) is 0 Å². The number of hydrogen-bond donors (Lipinski definition) is 2. The summed E-state index contributed by atoms with van der Waals surface area (Å²) in [5, 5.41) is 70.8. The molecule has 330 valence electrons. The molecule has 0 saturated carbocycles. The number of rotatable bonds is 18. The number of unbranched alkanes of at least 4 members (excludes halogenated alkanes) is 15. The molecular weight excluding hydrogens is 877 g/mol. The average Bonchev–Trinajstić information content (AvgIpc) is 3.07. The topological polar surface area (TPSA) is 355 Å². The van der Waals surface area contributed by atoms with Gasteiger partial charge >= 0.3 is 102 Å². The summed E-state index contributed by atoms with van der Waals surface area (Å²) < 4.78 is 1.50. The van der Waals surface area contributed by atoms with Crippen molar-refractivity contribution >= 4 is 74.4 Å². The standard InChI is InChI=1S/2C8H18O.C8H17.2C3H9S.6HNO2.Na.Sb.3H/c2*1-2-3-4-5-6-7-8-9;1-3-5-7-8-6-4-2;2*1-4(2)3;6*2-1-3;;;;;/h2*9H,2-8H2,1H3;1,3-8H2,2H3;2*1-3H3;6*(H,2,3);;;;;/q;;;2*+1;;;;;;;;;;;/p-6. The van der Waals surface area contributed by atoms with Crippen LogP contribution in [-0.4, -0.2) is 114 Å². The summed E-state index contributed by atoms with van der Waals surface area (Å²) in [5.41, 5.74) is 0. The summed E-state index contributed by atoms with van der Waals surface area (Å²) in [6, 6.07) is 0. The van der Waals surface area contributed by atoms with Crippen molar-refractivity contribution in [2.24, 2.45) is 32.0 Å². The van der Waals surface area contributed by atoms with Gasteiger partial charge in [-0.15, -0.1) is 32.0 Å². The van der Waals surface area contributed by atoms with Gasteiger partial charge in [-0.05, 0) is 34.6 Å². The van der Waals surface area contributed by atoms with Gasteiger partial charge in [-0.2, -0.15) is 0 Å². The van der Waals surface area contributed by atoms with Crippen molar-refractivity contribution in [2.45, 2.75) is 141 Å². The van der Waals surface area contributed by atoms with E-state index in [1.165, 1.54) is 130 Å². The zero-order chi connectivity index (χ0) is 44.2. The van der Waals surface area contributed by atoms with Gasteiger partial charge in [0.15, 0.2) is 0 Å². The Morgan fingerprint density at radius 2 is 0.519 bits per heavy atom. The van der Waals surface area contributed by atoms with Crippen LogP contribution in [0.25, 0.3) is 0 Å². The van der Waals surface area contributed by atoms with Gasteiger partial charge in [0.05, 0.1) is 37.5 Å². The third-order valence-electron chi connectivity index (χ3n) is 4.58. The molecule has 0 saturated heterocycles. The van der Waals surface area contributed by atoms with Gasteiger partial charge in [0.2, 0.25) is 0 Å². The van der Waals surface area contributed by atoms with Crippen LogP contribution in [0.15, 0.2) is 32.0 Å². The van der Waals surface area contributed by atoms with Crippen molar-refractivity contribution in [3.63, 3.8) is 0 Å². The minimum atomic E-state index is 0. The molecule has 0 aromatic heterocycles. The molecule has 0 fully saturated rings. The molecule has 0 rings (SSSR count). The quantitative estimate of drug-likeness (QED) is 0.0426. The minimum absolute atomic E-state index is 0. The van der Waals surface area contributed by atoms with E-state index in [9.17, 15) is 0 Å². The zero-order valence-electron chi connectivity index (χ0n) is 33.7. The molecule has 0 spiro atoms. The molecule has 0 aliphatic carbocycles. The number of hydrogen-bond acceptors (Lipinski definition) is 20. The van der Waals surface area contributed by atoms with E-state index in [1.54, 1.807) is 0 Å². The molecule has 0 aromatic carbocycles. The fraction of sp³-hybridized carbons (Fsp3) is 1.00. The van der Waals surface area contributed by atoms with E-state index < -0.39 is 0 Å². The van der Waals surface area contributed by atoms with Crippen LogP contribution in [0.4, 0.5) is 0 Å². The Balaban J connectivity index is -0.0000000373. The Labute approximate surface area is 366 Å². The van der Waals surface area contributed by atoms with Gasteiger partial charge < -0.3 is 70.9 Å². The van der Waals surface area contributed by atoms with E-state index in [1.807, 2.05) is 0 Å². The summed E-state index contributed by atoms with van der Waals surface area (Å²) in [7, 11) is 1.28. The van der Waals surface area contributed by atoms with Gasteiger partial charge in [0.1, 0.15) is 0 Å². The Hall–Kier alpha value is -1.16. The van der Waals surface area contributed by atoms with Gasteiger partial charge in [0.25, 0.3) is 0 Å². The molecule has 24 heteroatoms. The fourth-order valence-corrected chi connectivity index (χ4v) is 3.53. The predicted octanol–water partition coefficient (Wildman–Crippen LogP) is 8.92. The summed E-state index contributed by atoms with van der Waals surface area (Å²) in [6.45, 7) is 7.43. The first-order chi connectivity index (χ1) is 25.2. The zero-order valence-corrected chi connectivity index (χ0v) is 38.6. The molecule has 20 nitrogen and oxygen atoms in total. The summed E-state index contributed by atoms with van der Waals surface area (Å²) >= 11 is 1.46.